The largest absolute Gasteiger partial charge is 0.357 e. The van der Waals surface area contributed by atoms with E-state index in [1.54, 1.807) is 12.1 Å². The number of carbonyl (C=O) groups is 2. The predicted octanol–water partition coefficient (Wildman–Crippen LogP) is 3.61. The number of likely N-dealkylation sites (N-methyl/N-ethyl adjacent to an activating group) is 1. The van der Waals surface area contributed by atoms with Gasteiger partial charge in [-0.25, -0.2) is 8.42 Å². The molecule has 0 radical (unpaired) electrons. The van der Waals surface area contributed by atoms with Gasteiger partial charge in [0.25, 0.3) is 0 Å². The molecule has 2 aromatic rings. The zero-order chi connectivity index (χ0) is 25.7. The van der Waals surface area contributed by atoms with Crippen LogP contribution in [0.3, 0.4) is 0 Å². The molecule has 0 saturated carbocycles. The highest BCUT2D eigenvalue weighted by Gasteiger charge is 2.31. The van der Waals surface area contributed by atoms with E-state index in [-0.39, 0.29) is 17.9 Å². The second-order valence-corrected chi connectivity index (χ2v) is 11.5. The lowest BCUT2D eigenvalue weighted by Crippen LogP contribution is -2.51. The van der Waals surface area contributed by atoms with Crippen LogP contribution >= 0.6 is 0 Å². The summed E-state index contributed by atoms with van der Waals surface area (Å²) in [5.41, 5.74) is 3.33. The van der Waals surface area contributed by atoms with Gasteiger partial charge in [0.1, 0.15) is 12.6 Å². The first-order chi connectivity index (χ1) is 15.8. The monoisotopic (exact) mass is 487 g/mol. The third-order valence-electron chi connectivity index (χ3n) is 5.81. The first kappa shape index (κ1) is 27.4. The zero-order valence-electron chi connectivity index (χ0n) is 21.3. The summed E-state index contributed by atoms with van der Waals surface area (Å²) in [6.45, 7) is 9.83. The summed E-state index contributed by atoms with van der Waals surface area (Å²) >= 11 is 0. The number of rotatable bonds is 9. The van der Waals surface area contributed by atoms with Crippen molar-refractivity contribution in [2.45, 2.75) is 59.0 Å². The van der Waals surface area contributed by atoms with Crippen LogP contribution in [0.4, 0.5) is 5.69 Å². The van der Waals surface area contributed by atoms with Gasteiger partial charge in [0.2, 0.25) is 21.8 Å². The van der Waals surface area contributed by atoms with Crippen LogP contribution in [0.5, 0.6) is 0 Å². The van der Waals surface area contributed by atoms with Crippen molar-refractivity contribution in [3.63, 3.8) is 0 Å². The maximum absolute atomic E-state index is 13.5. The molecule has 0 fully saturated rings. The number of hydrogen-bond donors (Lipinski definition) is 1. The lowest BCUT2D eigenvalue weighted by atomic mass is 9.87. The van der Waals surface area contributed by atoms with E-state index in [1.807, 2.05) is 50.2 Å². The molecular formula is C26H37N3O4S. The van der Waals surface area contributed by atoms with E-state index in [2.05, 4.69) is 26.1 Å². The van der Waals surface area contributed by atoms with E-state index in [0.717, 1.165) is 27.3 Å². The van der Waals surface area contributed by atoms with Gasteiger partial charge in [0, 0.05) is 13.6 Å². The Hall–Kier alpha value is -2.87. The molecule has 0 aromatic heterocycles. The topological polar surface area (TPSA) is 86.8 Å². The highest BCUT2D eigenvalue weighted by Crippen LogP contribution is 2.26. The minimum atomic E-state index is -3.75. The van der Waals surface area contributed by atoms with Crippen LogP contribution in [0.2, 0.25) is 0 Å². The molecular weight excluding hydrogens is 450 g/mol. The fourth-order valence-corrected chi connectivity index (χ4v) is 4.57. The number of carbonyl (C=O) groups excluding carboxylic acids is 2. The number of aryl methyl sites for hydroxylation is 1. The van der Waals surface area contributed by atoms with E-state index in [9.17, 15) is 18.0 Å². The fraction of sp³-hybridized carbons (Fsp3) is 0.462. The molecule has 0 aliphatic carbocycles. The maximum atomic E-state index is 13.5. The van der Waals surface area contributed by atoms with E-state index >= 15 is 0 Å². The van der Waals surface area contributed by atoms with Crippen molar-refractivity contribution in [2.75, 3.05) is 24.2 Å². The maximum Gasteiger partial charge on any atom is 0.244 e. The number of hydrogen-bond acceptors (Lipinski definition) is 4. The molecule has 0 unspecified atom stereocenters. The molecule has 0 bridgehead atoms. The third kappa shape index (κ3) is 7.06. The number of nitrogens with zero attached hydrogens (tertiary/aromatic N) is 2. The number of nitrogens with one attached hydrogen (secondary N) is 1. The summed E-state index contributed by atoms with van der Waals surface area (Å²) in [4.78, 5) is 27.6. The Balaban J connectivity index is 2.42. The van der Waals surface area contributed by atoms with Crippen molar-refractivity contribution >= 4 is 27.5 Å². The van der Waals surface area contributed by atoms with Gasteiger partial charge < -0.3 is 10.2 Å². The van der Waals surface area contributed by atoms with Gasteiger partial charge in [0.15, 0.2) is 0 Å². The summed E-state index contributed by atoms with van der Waals surface area (Å²) < 4.78 is 26.4. The fourth-order valence-electron chi connectivity index (χ4n) is 3.72. The Morgan fingerprint density at radius 3 is 2.00 bits per heavy atom. The molecule has 2 aromatic carbocycles. The molecule has 7 nitrogen and oxygen atoms in total. The van der Waals surface area contributed by atoms with Gasteiger partial charge in [-0.15, -0.1) is 0 Å². The third-order valence-corrected chi connectivity index (χ3v) is 6.95. The standard InChI is InChI=1S/C26H37N3O4S/c1-8-23(25(31)27-6)28(17-20-11-9-19(2)10-12-20)24(30)18-29(34(7,32)33)22-15-13-21(14-16-22)26(3,4)5/h9-16,23H,8,17-18H2,1-7H3,(H,27,31)/t23-/m0/s1. The van der Waals surface area contributed by atoms with Crippen molar-refractivity contribution in [2.24, 2.45) is 0 Å². The highest BCUT2D eigenvalue weighted by molar-refractivity contribution is 7.92. The van der Waals surface area contributed by atoms with Crippen molar-refractivity contribution < 1.29 is 18.0 Å². The highest BCUT2D eigenvalue weighted by atomic mass is 32.2. The van der Waals surface area contributed by atoms with Gasteiger partial charge >= 0.3 is 0 Å². The number of sulfonamides is 1. The number of anilines is 1. The second-order valence-electron chi connectivity index (χ2n) is 9.61. The first-order valence-electron chi connectivity index (χ1n) is 11.4. The van der Waals surface area contributed by atoms with Crippen molar-refractivity contribution in [3.05, 3.63) is 65.2 Å². The van der Waals surface area contributed by atoms with Crippen LogP contribution in [0.25, 0.3) is 0 Å². The average molecular weight is 488 g/mol. The Labute approximate surface area is 204 Å². The second kappa shape index (κ2) is 11.0. The Morgan fingerprint density at radius 1 is 1.00 bits per heavy atom. The molecule has 0 spiro atoms. The summed E-state index contributed by atoms with van der Waals surface area (Å²) in [5.74, 6) is -0.732. The van der Waals surface area contributed by atoms with Crippen molar-refractivity contribution in [1.29, 1.82) is 0 Å². The molecule has 0 aliphatic heterocycles. The minimum absolute atomic E-state index is 0.0863. The normalized spacial score (nSPS) is 12.7. The predicted molar refractivity (Wildman–Crippen MR) is 137 cm³/mol. The summed E-state index contributed by atoms with van der Waals surface area (Å²) in [6, 6.07) is 14.2. The van der Waals surface area contributed by atoms with Gasteiger partial charge in [-0.1, -0.05) is 69.7 Å². The molecule has 0 heterocycles. The van der Waals surface area contributed by atoms with Crippen LogP contribution in [0, 0.1) is 6.92 Å². The van der Waals surface area contributed by atoms with Crippen LogP contribution in [0.15, 0.2) is 48.5 Å². The molecule has 186 valence electrons. The summed E-state index contributed by atoms with van der Waals surface area (Å²) in [5, 5.41) is 2.62. The zero-order valence-corrected chi connectivity index (χ0v) is 22.1. The summed E-state index contributed by atoms with van der Waals surface area (Å²) in [6.07, 6.45) is 1.48. The van der Waals surface area contributed by atoms with Gasteiger partial charge in [-0.2, -0.15) is 0 Å². The minimum Gasteiger partial charge on any atom is -0.357 e. The Morgan fingerprint density at radius 2 is 1.56 bits per heavy atom. The number of benzene rings is 2. The quantitative estimate of drug-likeness (QED) is 0.585. The van der Waals surface area contributed by atoms with E-state index in [1.165, 1.54) is 11.9 Å². The molecule has 2 rings (SSSR count). The lowest BCUT2D eigenvalue weighted by Gasteiger charge is -2.32. The number of amides is 2. The smallest absolute Gasteiger partial charge is 0.244 e. The molecule has 0 saturated heterocycles. The van der Waals surface area contributed by atoms with Crippen LogP contribution in [-0.4, -0.2) is 51.0 Å². The SMILES string of the molecule is CC[C@@H](C(=O)NC)N(Cc1ccc(C)cc1)C(=O)CN(c1ccc(C(C)(C)C)cc1)S(C)(=O)=O. The summed E-state index contributed by atoms with van der Waals surface area (Å²) in [7, 11) is -2.22. The van der Waals surface area contributed by atoms with Crippen LogP contribution in [-0.2, 0) is 31.6 Å². The molecule has 2 amide bonds. The molecule has 8 heteroatoms. The first-order valence-corrected chi connectivity index (χ1v) is 13.3. The Bertz CT molecular complexity index is 1090. The van der Waals surface area contributed by atoms with Crippen LogP contribution in [0.1, 0.15) is 50.8 Å². The van der Waals surface area contributed by atoms with Crippen molar-refractivity contribution in [1.82, 2.24) is 10.2 Å². The Kier molecular flexibility index (Phi) is 8.89. The average Bonchev–Trinajstić information content (AvgIpc) is 2.77. The lowest BCUT2D eigenvalue weighted by molar-refractivity contribution is -0.140. The molecule has 1 N–H and O–H groups in total. The van der Waals surface area contributed by atoms with Gasteiger partial charge in [-0.3, -0.25) is 13.9 Å². The van der Waals surface area contributed by atoms with E-state index in [4.69, 9.17) is 0 Å². The molecule has 34 heavy (non-hydrogen) atoms. The van der Waals surface area contributed by atoms with Gasteiger partial charge in [0.05, 0.1) is 11.9 Å². The van der Waals surface area contributed by atoms with Crippen LogP contribution < -0.4 is 9.62 Å². The molecule has 1 atom stereocenters. The van der Waals surface area contributed by atoms with E-state index < -0.39 is 28.5 Å². The van der Waals surface area contributed by atoms with Gasteiger partial charge in [-0.05, 0) is 42.0 Å². The van der Waals surface area contributed by atoms with Crippen molar-refractivity contribution in [3.8, 4) is 0 Å². The molecule has 0 aliphatic rings. The van der Waals surface area contributed by atoms with E-state index in [0.29, 0.717) is 12.1 Å².